The standard InChI is InChI=1S/C23H29N7O4/c1-14-9-10-29(20-16(14)12-26-22(20)33)23(34)18(7-8-19(24)31)30-13-17(27-28-30)21(32)25-11-15-5-3-2-4-6-15/h2-6,13-14,16,18,20H,7-12H2,1H3,(H2,24,31)(H,25,32)(H,26,33). The molecule has 180 valence electrons. The monoisotopic (exact) mass is 467 g/mol. The van der Waals surface area contributed by atoms with E-state index in [1.807, 2.05) is 30.3 Å². The van der Waals surface area contributed by atoms with Gasteiger partial charge in [-0.1, -0.05) is 42.5 Å². The van der Waals surface area contributed by atoms with E-state index in [2.05, 4.69) is 27.9 Å². The number of hydrogen-bond donors (Lipinski definition) is 3. The molecular formula is C23H29N7O4. The van der Waals surface area contributed by atoms with Crippen molar-refractivity contribution in [2.24, 2.45) is 17.6 Å². The van der Waals surface area contributed by atoms with Crippen molar-refractivity contribution in [3.8, 4) is 0 Å². The highest BCUT2D eigenvalue weighted by molar-refractivity contribution is 5.93. The molecule has 0 spiro atoms. The Morgan fingerprint density at radius 1 is 1.26 bits per heavy atom. The highest BCUT2D eigenvalue weighted by atomic mass is 16.2. The van der Waals surface area contributed by atoms with Crippen LogP contribution in [0.4, 0.5) is 0 Å². The van der Waals surface area contributed by atoms with Crippen molar-refractivity contribution in [3.05, 3.63) is 47.8 Å². The Bertz CT molecular complexity index is 1070. The third-order valence-electron chi connectivity index (χ3n) is 6.67. The largest absolute Gasteiger partial charge is 0.370 e. The number of fused-ring (bicyclic) bond motifs is 1. The van der Waals surface area contributed by atoms with Gasteiger partial charge < -0.3 is 21.3 Å². The van der Waals surface area contributed by atoms with Gasteiger partial charge in [0.1, 0.15) is 12.1 Å². The van der Waals surface area contributed by atoms with E-state index in [0.717, 1.165) is 12.0 Å². The van der Waals surface area contributed by atoms with Gasteiger partial charge in [0.05, 0.1) is 6.20 Å². The first-order valence-electron chi connectivity index (χ1n) is 11.5. The smallest absolute Gasteiger partial charge is 0.273 e. The zero-order chi connectivity index (χ0) is 24.2. The molecule has 2 aliphatic heterocycles. The van der Waals surface area contributed by atoms with Crippen molar-refractivity contribution in [3.63, 3.8) is 0 Å². The molecule has 11 heteroatoms. The van der Waals surface area contributed by atoms with E-state index >= 15 is 0 Å². The molecule has 4 rings (SSSR count). The van der Waals surface area contributed by atoms with Crippen molar-refractivity contribution >= 4 is 23.6 Å². The fourth-order valence-corrected chi connectivity index (χ4v) is 4.70. The van der Waals surface area contributed by atoms with Gasteiger partial charge in [0.2, 0.25) is 17.7 Å². The first kappa shape index (κ1) is 23.4. The van der Waals surface area contributed by atoms with Crippen LogP contribution in [0, 0.1) is 11.8 Å². The summed E-state index contributed by atoms with van der Waals surface area (Å²) in [5, 5.41) is 13.6. The van der Waals surface area contributed by atoms with Crippen molar-refractivity contribution in [2.45, 2.75) is 44.8 Å². The molecule has 1 aromatic heterocycles. The van der Waals surface area contributed by atoms with Crippen LogP contribution in [-0.4, -0.2) is 62.7 Å². The second-order valence-electron chi connectivity index (χ2n) is 8.92. The number of nitrogens with two attached hydrogens (primary N) is 1. The van der Waals surface area contributed by atoms with Crippen LogP contribution < -0.4 is 16.4 Å². The fraction of sp³-hybridized carbons (Fsp3) is 0.478. The minimum atomic E-state index is -0.905. The first-order chi connectivity index (χ1) is 16.3. The Labute approximate surface area is 197 Å². The summed E-state index contributed by atoms with van der Waals surface area (Å²) in [6, 6.07) is 7.97. The Balaban J connectivity index is 1.51. The summed E-state index contributed by atoms with van der Waals surface area (Å²) in [5.74, 6) is -1.14. The maximum atomic E-state index is 13.6. The van der Waals surface area contributed by atoms with Gasteiger partial charge in [-0.3, -0.25) is 19.2 Å². The molecule has 0 bridgehead atoms. The van der Waals surface area contributed by atoms with E-state index in [4.69, 9.17) is 5.73 Å². The number of amides is 4. The molecule has 3 heterocycles. The quantitative estimate of drug-likeness (QED) is 0.497. The van der Waals surface area contributed by atoms with E-state index < -0.39 is 23.9 Å². The van der Waals surface area contributed by atoms with Gasteiger partial charge in [-0.2, -0.15) is 0 Å². The lowest BCUT2D eigenvalue weighted by atomic mass is 9.82. The predicted octanol–water partition coefficient (Wildman–Crippen LogP) is -0.00230. The number of carbonyl (C=O) groups is 4. The highest BCUT2D eigenvalue weighted by Gasteiger charge is 2.47. The Morgan fingerprint density at radius 3 is 2.76 bits per heavy atom. The van der Waals surface area contributed by atoms with Crippen LogP contribution in [0.2, 0.25) is 0 Å². The average molecular weight is 468 g/mol. The normalized spacial score (nSPS) is 22.6. The predicted molar refractivity (Wildman–Crippen MR) is 121 cm³/mol. The van der Waals surface area contributed by atoms with Crippen molar-refractivity contribution in [2.75, 3.05) is 13.1 Å². The first-order valence-corrected chi connectivity index (χ1v) is 11.5. The number of rotatable bonds is 8. The molecular weight excluding hydrogens is 438 g/mol. The van der Waals surface area contributed by atoms with Crippen molar-refractivity contribution in [1.29, 1.82) is 0 Å². The molecule has 0 aliphatic carbocycles. The van der Waals surface area contributed by atoms with Crippen molar-refractivity contribution < 1.29 is 19.2 Å². The Hall–Kier alpha value is -3.76. The molecule has 2 aliphatic rings. The van der Waals surface area contributed by atoms with Crippen LogP contribution in [0.5, 0.6) is 0 Å². The zero-order valence-electron chi connectivity index (χ0n) is 19.0. The highest BCUT2D eigenvalue weighted by Crippen LogP contribution is 2.34. The number of nitrogens with zero attached hydrogens (tertiary/aromatic N) is 4. The molecule has 34 heavy (non-hydrogen) atoms. The molecule has 0 radical (unpaired) electrons. The van der Waals surface area contributed by atoms with Gasteiger partial charge in [-0.25, -0.2) is 4.68 Å². The molecule has 4 amide bonds. The molecule has 0 saturated carbocycles. The van der Waals surface area contributed by atoms with E-state index in [0.29, 0.717) is 25.6 Å². The Morgan fingerprint density at radius 2 is 2.03 bits per heavy atom. The molecule has 4 atom stereocenters. The lowest BCUT2D eigenvalue weighted by Gasteiger charge is -2.40. The SMILES string of the molecule is CC1CCN(C(=O)C(CCC(N)=O)n2cc(C(=O)NCc3ccccc3)nn2)C2C(=O)NCC12. The summed E-state index contributed by atoms with van der Waals surface area (Å²) in [6.07, 6.45) is 2.21. The molecule has 2 aromatic rings. The van der Waals surface area contributed by atoms with E-state index in [9.17, 15) is 19.2 Å². The van der Waals surface area contributed by atoms with Gasteiger partial charge >= 0.3 is 0 Å². The third kappa shape index (κ3) is 4.92. The topological polar surface area (TPSA) is 152 Å². The van der Waals surface area contributed by atoms with Crippen molar-refractivity contribution in [1.82, 2.24) is 30.5 Å². The summed E-state index contributed by atoms with van der Waals surface area (Å²) < 4.78 is 1.29. The zero-order valence-corrected chi connectivity index (χ0v) is 19.0. The minimum absolute atomic E-state index is 0.0389. The van der Waals surface area contributed by atoms with Crippen LogP contribution >= 0.6 is 0 Å². The van der Waals surface area contributed by atoms with E-state index in [1.165, 1.54) is 10.9 Å². The van der Waals surface area contributed by atoms with Crippen LogP contribution in [-0.2, 0) is 20.9 Å². The second-order valence-corrected chi connectivity index (χ2v) is 8.92. The van der Waals surface area contributed by atoms with Gasteiger partial charge in [0.25, 0.3) is 5.91 Å². The minimum Gasteiger partial charge on any atom is -0.370 e. The number of aromatic nitrogens is 3. The average Bonchev–Trinajstić information content (AvgIpc) is 3.47. The fourth-order valence-electron chi connectivity index (χ4n) is 4.70. The number of hydrogen-bond acceptors (Lipinski definition) is 6. The summed E-state index contributed by atoms with van der Waals surface area (Å²) in [6.45, 7) is 3.37. The van der Waals surface area contributed by atoms with Crippen LogP contribution in [0.3, 0.4) is 0 Å². The van der Waals surface area contributed by atoms with Gasteiger partial charge in [0.15, 0.2) is 5.69 Å². The van der Waals surface area contributed by atoms with E-state index in [-0.39, 0.29) is 36.3 Å². The second kappa shape index (κ2) is 10.0. The molecule has 11 nitrogen and oxygen atoms in total. The number of nitrogens with one attached hydrogen (secondary N) is 2. The number of likely N-dealkylation sites (tertiary alicyclic amines) is 1. The molecule has 4 N–H and O–H groups in total. The van der Waals surface area contributed by atoms with Crippen LogP contribution in [0.1, 0.15) is 48.3 Å². The van der Waals surface area contributed by atoms with Gasteiger partial charge in [0, 0.05) is 32.0 Å². The van der Waals surface area contributed by atoms with Gasteiger partial charge in [-0.15, -0.1) is 5.10 Å². The summed E-state index contributed by atoms with van der Waals surface area (Å²) in [5.41, 5.74) is 6.32. The summed E-state index contributed by atoms with van der Waals surface area (Å²) >= 11 is 0. The molecule has 2 saturated heterocycles. The molecule has 1 aromatic carbocycles. The maximum absolute atomic E-state index is 13.6. The number of benzene rings is 1. The molecule has 4 unspecified atom stereocenters. The van der Waals surface area contributed by atoms with Crippen LogP contribution in [0.15, 0.2) is 36.5 Å². The Kier molecular flexibility index (Phi) is 6.90. The van der Waals surface area contributed by atoms with E-state index in [1.54, 1.807) is 4.90 Å². The third-order valence-corrected chi connectivity index (χ3v) is 6.67. The number of piperidine rings is 1. The van der Waals surface area contributed by atoms with Gasteiger partial charge in [-0.05, 0) is 24.3 Å². The van der Waals surface area contributed by atoms with Crippen LogP contribution in [0.25, 0.3) is 0 Å². The lowest BCUT2D eigenvalue weighted by molar-refractivity contribution is -0.146. The number of carbonyl (C=O) groups excluding carboxylic acids is 4. The number of primary amides is 1. The lowest BCUT2D eigenvalue weighted by Crippen LogP contribution is -2.54. The summed E-state index contributed by atoms with van der Waals surface area (Å²) in [7, 11) is 0. The molecule has 2 fully saturated rings. The summed E-state index contributed by atoms with van der Waals surface area (Å²) in [4.78, 5) is 51.7. The maximum Gasteiger partial charge on any atom is 0.273 e.